The molecule has 2 unspecified atom stereocenters. The highest BCUT2D eigenvalue weighted by atomic mass is 17.0. The van der Waals surface area contributed by atoms with Gasteiger partial charge in [0.2, 0.25) is 0 Å². The lowest BCUT2D eigenvalue weighted by atomic mass is 11.5. The predicted molar refractivity (Wildman–Crippen MR) is 28.8 cm³/mol. The summed E-state index contributed by atoms with van der Waals surface area (Å²) in [7, 11) is 2.92. The van der Waals surface area contributed by atoms with Crippen LogP contribution in [0, 0.1) is 5.21 Å². The minimum atomic E-state index is -0.722. The van der Waals surface area contributed by atoms with Crippen molar-refractivity contribution < 1.29 is 15.5 Å². The van der Waals surface area contributed by atoms with E-state index in [1.54, 1.807) is 0 Å². The Hall–Kier alpha value is -0.280. The quantitative estimate of drug-likeness (QED) is 0.301. The zero-order valence-corrected chi connectivity index (χ0v) is 5.32. The maximum Gasteiger partial charge on any atom is 0.0379 e. The van der Waals surface area contributed by atoms with E-state index in [0.717, 1.165) is 0 Å². The Bertz CT molecular complexity index is 70.0. The van der Waals surface area contributed by atoms with Crippen LogP contribution in [0.2, 0.25) is 0 Å². The monoisotopic (exact) mass is 137 g/mol. The number of quaternary nitrogens is 2. The van der Waals surface area contributed by atoms with Crippen LogP contribution in [0.1, 0.15) is 0 Å². The van der Waals surface area contributed by atoms with Crippen molar-refractivity contribution in [2.24, 2.45) is 0 Å². The van der Waals surface area contributed by atoms with E-state index in [1.807, 2.05) is 0 Å². The van der Waals surface area contributed by atoms with E-state index in [9.17, 15) is 5.21 Å². The largest absolute Gasteiger partial charge is 0.547 e. The van der Waals surface area contributed by atoms with E-state index in [4.69, 9.17) is 5.84 Å². The molecule has 0 aliphatic rings. The summed E-state index contributed by atoms with van der Waals surface area (Å²) in [5.41, 5.74) is 4.47. The number of rotatable bonds is 4. The lowest BCUT2D eigenvalue weighted by Gasteiger charge is -2.26. The zero-order chi connectivity index (χ0) is 7.28. The molecule has 0 saturated heterocycles. The summed E-state index contributed by atoms with van der Waals surface area (Å²) in [6.45, 7) is 0. The molecule has 0 aliphatic carbocycles. The third-order valence-corrected chi connectivity index (χ3v) is 0.649. The smallest absolute Gasteiger partial charge is 0.0379 e. The second kappa shape index (κ2) is 4.58. The number of hydrogen-bond acceptors (Lipinski definition) is 4. The van der Waals surface area contributed by atoms with Crippen LogP contribution in [0.3, 0.4) is 0 Å². The van der Waals surface area contributed by atoms with Gasteiger partial charge in [-0.15, -0.1) is 16.1 Å². The molecule has 0 saturated carbocycles. The van der Waals surface area contributed by atoms with Crippen LogP contribution in [0.5, 0.6) is 0 Å². The van der Waals surface area contributed by atoms with Gasteiger partial charge in [-0.1, -0.05) is 4.94 Å². The Morgan fingerprint density at radius 3 is 2.44 bits per heavy atom. The average molecular weight is 137 g/mol. The topological polar surface area (TPSA) is 89.0 Å². The van der Waals surface area contributed by atoms with Gasteiger partial charge < -0.3 is 11.0 Å². The van der Waals surface area contributed by atoms with Crippen molar-refractivity contribution in [1.82, 2.24) is 10.9 Å². The molecule has 0 spiro atoms. The number of nitrogens with one attached hydrogen (secondary N) is 5. The summed E-state index contributed by atoms with van der Waals surface area (Å²) < 4.78 is 0. The van der Waals surface area contributed by atoms with Gasteiger partial charge in [-0.3, -0.25) is 0 Å². The van der Waals surface area contributed by atoms with Gasteiger partial charge in [-0.2, -0.15) is 0 Å². The van der Waals surface area contributed by atoms with Crippen LogP contribution < -0.4 is 21.5 Å². The van der Waals surface area contributed by atoms with Gasteiger partial charge in [0, 0.05) is 14.1 Å². The number of hydrogen-bond donors (Lipinski definition) is 4. The van der Waals surface area contributed by atoms with Crippen molar-refractivity contribution in [3.05, 3.63) is 11.0 Å². The van der Waals surface area contributed by atoms with Crippen LogP contribution in [-0.2, 0) is 4.94 Å². The van der Waals surface area contributed by atoms with Crippen LogP contribution in [0.4, 0.5) is 0 Å². The molecule has 56 valence electrons. The molecule has 7 nitrogen and oxygen atoms in total. The van der Waals surface area contributed by atoms with Gasteiger partial charge in [-0.05, 0) is 5.34 Å². The van der Waals surface area contributed by atoms with Gasteiger partial charge in [-0.25, -0.2) is 0 Å². The van der Waals surface area contributed by atoms with E-state index >= 15 is 0 Å². The molecule has 9 heavy (non-hydrogen) atoms. The van der Waals surface area contributed by atoms with Crippen molar-refractivity contribution >= 4 is 0 Å². The Balaban J connectivity index is 3.32. The highest BCUT2D eigenvalue weighted by Gasteiger charge is 1.99. The highest BCUT2D eigenvalue weighted by Crippen LogP contribution is 1.28. The van der Waals surface area contributed by atoms with E-state index in [-0.39, 0.29) is 5.23 Å². The normalized spacial score (nSPS) is 17.3. The standard InChI is InChI=1S/C2H11N5O2/c1-4-6(3)7(8)9-5-2/h3-7H,1-2H3. The first kappa shape index (κ1) is 8.72. The van der Waals surface area contributed by atoms with Crippen LogP contribution >= 0.6 is 0 Å². The van der Waals surface area contributed by atoms with Gasteiger partial charge in [0.1, 0.15) is 0 Å². The fourth-order valence-corrected chi connectivity index (χ4v) is 0.246. The predicted octanol–water partition coefficient (Wildman–Crippen LogP) is -3.66. The minimum absolute atomic E-state index is 0.274. The lowest BCUT2D eigenvalue weighted by Crippen LogP contribution is -3.57. The molecule has 7 heteroatoms. The zero-order valence-electron chi connectivity index (χ0n) is 5.32. The second-order valence-electron chi connectivity index (χ2n) is 1.22. The summed E-state index contributed by atoms with van der Waals surface area (Å²) in [5, 5.41) is 9.41. The second-order valence-corrected chi connectivity index (χ2v) is 1.22. The summed E-state index contributed by atoms with van der Waals surface area (Å²) >= 11 is 0. The SMILES string of the molecule is CNO[NH+]([O-])[NH+]([NH-])NC. The molecular formula is C2H11N5O2. The van der Waals surface area contributed by atoms with Crippen LogP contribution in [0.15, 0.2) is 0 Å². The molecule has 0 aromatic rings. The maximum atomic E-state index is 10.4. The molecule has 5 N–H and O–H groups in total. The van der Waals surface area contributed by atoms with E-state index in [0.29, 0.717) is 0 Å². The Labute approximate surface area is 52.7 Å². The van der Waals surface area contributed by atoms with E-state index in [2.05, 4.69) is 15.8 Å². The van der Waals surface area contributed by atoms with Crippen molar-refractivity contribution in [2.45, 2.75) is 0 Å². The molecule has 0 fully saturated rings. The highest BCUT2D eigenvalue weighted by molar-refractivity contribution is 3.89. The Morgan fingerprint density at radius 2 is 2.11 bits per heavy atom. The van der Waals surface area contributed by atoms with Gasteiger partial charge >= 0.3 is 0 Å². The van der Waals surface area contributed by atoms with Crippen LogP contribution in [0.25, 0.3) is 5.84 Å². The van der Waals surface area contributed by atoms with Crippen molar-refractivity contribution in [3.63, 3.8) is 0 Å². The first-order valence-electron chi connectivity index (χ1n) is 2.36. The molecule has 0 aromatic carbocycles. The lowest BCUT2D eigenvalue weighted by molar-refractivity contribution is -1.56. The molecule has 0 aliphatic heterocycles. The molecule has 0 rings (SSSR count). The van der Waals surface area contributed by atoms with E-state index in [1.165, 1.54) is 14.1 Å². The van der Waals surface area contributed by atoms with Crippen LogP contribution in [-0.4, -0.2) is 14.1 Å². The fourth-order valence-electron chi connectivity index (χ4n) is 0.246. The fraction of sp³-hybridized carbons (Fsp3) is 1.00. The summed E-state index contributed by atoms with van der Waals surface area (Å²) in [6, 6.07) is 0. The molecule has 0 radical (unpaired) electrons. The first-order chi connectivity index (χ1) is 4.22. The molecule has 2 atom stereocenters. The summed E-state index contributed by atoms with van der Waals surface area (Å²) in [6.07, 6.45) is 0. The van der Waals surface area contributed by atoms with Crippen molar-refractivity contribution in [1.29, 1.82) is 0 Å². The Kier molecular flexibility index (Phi) is 4.44. The number of hydroxylamine groups is 1. The molecule has 0 amide bonds. The minimum Gasteiger partial charge on any atom is -0.547 e. The molecule has 0 bridgehead atoms. The van der Waals surface area contributed by atoms with Gasteiger partial charge in [0.25, 0.3) is 0 Å². The molecule has 0 aromatic heterocycles. The first-order valence-corrected chi connectivity index (χ1v) is 2.36. The maximum absolute atomic E-state index is 10.4. The van der Waals surface area contributed by atoms with Crippen molar-refractivity contribution in [2.75, 3.05) is 14.1 Å². The molecule has 0 heterocycles. The Morgan fingerprint density at radius 1 is 1.56 bits per heavy atom. The summed E-state index contributed by atoms with van der Waals surface area (Å²) in [5.74, 6) is 6.82. The average Bonchev–Trinajstić information content (AvgIpc) is 1.87. The van der Waals surface area contributed by atoms with Crippen molar-refractivity contribution in [3.8, 4) is 0 Å². The molecular weight excluding hydrogens is 126 g/mol. The third kappa shape index (κ3) is 3.32. The summed E-state index contributed by atoms with van der Waals surface area (Å²) in [4.78, 5) is 4.22. The van der Waals surface area contributed by atoms with Gasteiger partial charge in [0.05, 0.1) is 0 Å². The van der Waals surface area contributed by atoms with E-state index < -0.39 is 5.34 Å². The third-order valence-electron chi connectivity index (χ3n) is 0.649. The van der Waals surface area contributed by atoms with Gasteiger partial charge in [0.15, 0.2) is 0 Å².